The van der Waals surface area contributed by atoms with Crippen molar-refractivity contribution in [2.75, 3.05) is 13.2 Å². The van der Waals surface area contributed by atoms with Crippen LogP contribution in [0.25, 0.3) is 0 Å². The fraction of sp³-hybridized carbons (Fsp3) is 0.571. The Morgan fingerprint density at radius 1 is 1.31 bits per heavy atom. The first-order chi connectivity index (χ1) is 14.2. The number of ether oxygens (including phenoxy) is 2. The van der Waals surface area contributed by atoms with Crippen LogP contribution >= 0.6 is 0 Å². The molecule has 1 unspecified atom stereocenters. The Labute approximate surface area is 171 Å². The molecule has 1 atom stereocenters. The molecule has 1 saturated heterocycles. The summed E-state index contributed by atoms with van der Waals surface area (Å²) >= 11 is 0. The molecule has 1 aliphatic carbocycles. The maximum atomic E-state index is 11.4. The summed E-state index contributed by atoms with van der Waals surface area (Å²) in [6, 6.07) is 7.63. The smallest absolute Gasteiger partial charge is 0.350 e. The molecule has 1 aliphatic heterocycles. The lowest BCUT2D eigenvalue weighted by molar-refractivity contribution is -0.175. The summed E-state index contributed by atoms with van der Waals surface area (Å²) in [7, 11) is 0. The van der Waals surface area contributed by atoms with Gasteiger partial charge in [0.1, 0.15) is 0 Å². The second-order valence-corrected chi connectivity index (χ2v) is 8.12. The van der Waals surface area contributed by atoms with Gasteiger partial charge in [-0.25, -0.2) is 4.79 Å². The van der Waals surface area contributed by atoms with Crippen LogP contribution in [0.1, 0.15) is 44.2 Å². The Bertz CT molecular complexity index is 802. The highest BCUT2D eigenvalue weighted by molar-refractivity contribution is 5.87. The van der Waals surface area contributed by atoms with E-state index in [1.54, 1.807) is 0 Å². The van der Waals surface area contributed by atoms with Crippen LogP contribution < -0.4 is 5.73 Å². The van der Waals surface area contributed by atoms with Gasteiger partial charge in [0.25, 0.3) is 0 Å². The van der Waals surface area contributed by atoms with Crippen molar-refractivity contribution in [1.29, 1.82) is 0 Å². The van der Waals surface area contributed by atoms with Gasteiger partial charge in [-0.2, -0.15) is 0 Å². The first-order valence-corrected chi connectivity index (χ1v) is 9.78. The van der Waals surface area contributed by atoms with Crippen molar-refractivity contribution in [3.05, 3.63) is 35.4 Å². The average molecular weight is 405 g/mol. The number of nitrogens with zero attached hydrogens (tertiary/aromatic N) is 1. The third-order valence-electron chi connectivity index (χ3n) is 5.38. The van der Waals surface area contributed by atoms with Crippen LogP contribution in [0.3, 0.4) is 0 Å². The summed E-state index contributed by atoms with van der Waals surface area (Å²) in [5.74, 6) is -2.08. The van der Waals surface area contributed by atoms with Gasteiger partial charge in [0.15, 0.2) is 7.20 Å². The minimum atomic E-state index is -1.41. The molecule has 0 radical (unpaired) electrons. The highest BCUT2D eigenvalue weighted by atomic mass is 16.7. The van der Waals surface area contributed by atoms with E-state index in [4.69, 9.17) is 15.7 Å². The molecule has 2 aliphatic rings. The molecule has 1 saturated carbocycles. The molecule has 2 fully saturated rings. The second-order valence-electron chi connectivity index (χ2n) is 8.12. The van der Waals surface area contributed by atoms with E-state index in [1.807, 2.05) is 30.0 Å². The lowest BCUT2D eigenvalue weighted by atomic mass is 9.79. The lowest BCUT2D eigenvalue weighted by Gasteiger charge is -2.37. The number of benzene rings is 1. The van der Waals surface area contributed by atoms with Gasteiger partial charge in [0, 0.05) is 18.8 Å². The number of hydrogen-bond donors (Lipinski definition) is 2. The zero-order valence-corrected chi connectivity index (χ0v) is 16.8. The molecular weight excluding hydrogens is 376 g/mol. The zero-order valence-electron chi connectivity index (χ0n) is 17.8. The van der Waals surface area contributed by atoms with E-state index >= 15 is 0 Å². The summed E-state index contributed by atoms with van der Waals surface area (Å²) in [5, 5.41) is 13.5. The number of rotatable bonds is 7. The van der Waals surface area contributed by atoms with E-state index in [-0.39, 0.29) is 18.2 Å². The van der Waals surface area contributed by atoms with Gasteiger partial charge in [-0.1, -0.05) is 29.4 Å². The number of carbonyl (C=O) groups excluding carboxylic acids is 1. The van der Waals surface area contributed by atoms with Crippen LogP contribution in [-0.2, 0) is 36.7 Å². The SMILES string of the molecule is [2H]NC(=O)Cc1ccc(CC2CC3(CC/C2=N\OC(C)(C)C(=O)O)OCCO3)cc1. The van der Waals surface area contributed by atoms with E-state index in [1.165, 1.54) is 13.8 Å². The van der Waals surface area contributed by atoms with Crippen LogP contribution in [0.2, 0.25) is 1.41 Å². The molecule has 1 heterocycles. The Hall–Kier alpha value is -2.45. The van der Waals surface area contributed by atoms with E-state index in [0.717, 1.165) is 16.8 Å². The first kappa shape index (κ1) is 19.8. The zero-order chi connectivity index (χ0) is 21.8. The average Bonchev–Trinajstić information content (AvgIpc) is 3.16. The molecule has 8 nitrogen and oxygen atoms in total. The molecule has 0 aromatic heterocycles. The predicted molar refractivity (Wildman–Crippen MR) is 105 cm³/mol. The Kier molecular flexibility index (Phi) is 5.82. The maximum absolute atomic E-state index is 11.4. The largest absolute Gasteiger partial charge is 0.478 e. The van der Waals surface area contributed by atoms with Crippen molar-refractivity contribution in [3.8, 4) is 0 Å². The number of aliphatic carboxylic acids is 1. The fourth-order valence-corrected chi connectivity index (χ4v) is 3.66. The van der Waals surface area contributed by atoms with E-state index in [9.17, 15) is 14.7 Å². The maximum Gasteiger partial charge on any atom is 0.350 e. The highest BCUT2D eigenvalue weighted by Gasteiger charge is 2.44. The minimum Gasteiger partial charge on any atom is -0.478 e. The number of amides is 1. The Balaban J connectivity index is 1.75. The van der Waals surface area contributed by atoms with Crippen LogP contribution in [0.15, 0.2) is 29.4 Å². The minimum absolute atomic E-state index is 0.0242. The molecule has 0 bridgehead atoms. The lowest BCUT2D eigenvalue weighted by Crippen LogP contribution is -2.42. The third kappa shape index (κ3) is 5.33. The molecule has 8 heteroatoms. The molecule has 1 amide bonds. The Morgan fingerprint density at radius 2 is 1.97 bits per heavy atom. The first-order valence-electron chi connectivity index (χ1n) is 10.3. The quantitative estimate of drug-likeness (QED) is 0.670. The van der Waals surface area contributed by atoms with Crippen LogP contribution in [-0.4, -0.2) is 47.3 Å². The number of carbonyl (C=O) groups is 2. The normalized spacial score (nSPS) is 23.0. The predicted octanol–water partition coefficient (Wildman–Crippen LogP) is 2.04. The standard InChI is InChI=1S/C21H28N2O6/c1-20(2,19(25)26)29-23-17-7-8-21(27-9-10-28-21)13-16(17)11-14-3-5-15(6-4-14)12-18(22)24/h3-6,16H,7-13H2,1-2H3,(H2,22,24)(H,25,26)/b23-17+/i/hD. The molecule has 1 aromatic rings. The van der Waals surface area contributed by atoms with Crippen molar-refractivity contribution in [1.82, 2.24) is 0 Å². The number of hydrogen-bond acceptors (Lipinski definition) is 6. The number of oxime groups is 1. The van der Waals surface area contributed by atoms with Crippen LogP contribution in [0, 0.1) is 5.92 Å². The van der Waals surface area contributed by atoms with E-state index < -0.39 is 17.4 Å². The molecule has 3 N–H and O–H groups in total. The van der Waals surface area contributed by atoms with E-state index in [2.05, 4.69) is 5.16 Å². The van der Waals surface area contributed by atoms with Crippen molar-refractivity contribution in [3.63, 3.8) is 0 Å². The van der Waals surface area contributed by atoms with Crippen molar-refractivity contribution < 1.29 is 30.4 Å². The van der Waals surface area contributed by atoms with Gasteiger partial charge in [-0.3, -0.25) is 4.79 Å². The van der Waals surface area contributed by atoms with Gasteiger partial charge in [0.05, 0.1) is 25.3 Å². The number of primary amides is 1. The highest BCUT2D eigenvalue weighted by Crippen LogP contribution is 2.39. The van der Waals surface area contributed by atoms with Gasteiger partial charge in [-0.05, 0) is 37.8 Å². The molecule has 1 aromatic carbocycles. The Morgan fingerprint density at radius 3 is 2.59 bits per heavy atom. The van der Waals surface area contributed by atoms with Crippen molar-refractivity contribution >= 4 is 17.6 Å². The summed E-state index contributed by atoms with van der Waals surface area (Å²) < 4.78 is 18.7. The molecule has 3 rings (SSSR count). The van der Waals surface area contributed by atoms with E-state index in [0.29, 0.717) is 38.9 Å². The van der Waals surface area contributed by atoms with Gasteiger partial charge in [-0.15, -0.1) is 0 Å². The second kappa shape index (κ2) is 8.51. The molecule has 1 spiro atoms. The van der Waals surface area contributed by atoms with Crippen molar-refractivity contribution in [2.24, 2.45) is 16.8 Å². The fourth-order valence-electron chi connectivity index (χ4n) is 3.66. The summed E-state index contributed by atoms with van der Waals surface area (Å²) in [6.07, 6.45) is 2.69. The summed E-state index contributed by atoms with van der Waals surface area (Å²) in [5.41, 5.74) is 3.14. The molecular formula is C21H28N2O6. The number of carboxylic acids is 1. The monoisotopic (exact) mass is 405 g/mol. The topological polar surface area (TPSA) is 120 Å². The van der Waals surface area contributed by atoms with Crippen LogP contribution in [0.4, 0.5) is 0 Å². The summed E-state index contributed by atoms with van der Waals surface area (Å²) in [6.45, 7) is 4.06. The van der Waals surface area contributed by atoms with Gasteiger partial charge < -0.3 is 25.1 Å². The van der Waals surface area contributed by atoms with Gasteiger partial charge >= 0.3 is 5.97 Å². The number of carboxylic acid groups (broad SMARTS) is 1. The molecule has 158 valence electrons. The summed E-state index contributed by atoms with van der Waals surface area (Å²) in [4.78, 5) is 28.1. The van der Waals surface area contributed by atoms with Crippen molar-refractivity contribution in [2.45, 2.75) is 57.3 Å². The van der Waals surface area contributed by atoms with Crippen LogP contribution in [0.5, 0.6) is 0 Å². The third-order valence-corrected chi connectivity index (χ3v) is 5.38. The van der Waals surface area contributed by atoms with Gasteiger partial charge in [0.2, 0.25) is 11.5 Å². The molecule has 29 heavy (non-hydrogen) atoms. The number of nitrogens with two attached hydrogens (primary N) is 1.